The summed E-state index contributed by atoms with van der Waals surface area (Å²) in [6, 6.07) is 5.72. The normalized spacial score (nSPS) is 15.6. The van der Waals surface area contributed by atoms with Crippen LogP contribution >= 0.6 is 0 Å². The summed E-state index contributed by atoms with van der Waals surface area (Å²) in [4.78, 5) is 16.3. The highest BCUT2D eigenvalue weighted by Gasteiger charge is 2.22. The maximum atomic E-state index is 11.9. The van der Waals surface area contributed by atoms with E-state index in [1.165, 1.54) is 0 Å². The van der Waals surface area contributed by atoms with Gasteiger partial charge in [0.15, 0.2) is 11.5 Å². The van der Waals surface area contributed by atoms with E-state index in [0.29, 0.717) is 37.0 Å². The molecule has 1 aliphatic heterocycles. The van der Waals surface area contributed by atoms with Gasteiger partial charge in [-0.25, -0.2) is 4.98 Å². The van der Waals surface area contributed by atoms with Crippen molar-refractivity contribution in [3.05, 3.63) is 23.9 Å². The Morgan fingerprint density at radius 1 is 1.21 bits per heavy atom. The largest absolute Gasteiger partial charge is 0.493 e. The number of anilines is 1. The number of nitrogen functional groups attached to an aromatic ring is 1. The Balaban J connectivity index is 0.000000696. The van der Waals surface area contributed by atoms with Crippen molar-refractivity contribution in [3.8, 4) is 11.5 Å². The van der Waals surface area contributed by atoms with E-state index in [1.54, 1.807) is 14.2 Å². The Morgan fingerprint density at radius 3 is 2.48 bits per heavy atom. The molecule has 1 unspecified atom stereocenters. The van der Waals surface area contributed by atoms with E-state index in [4.69, 9.17) is 37.5 Å². The number of methoxy groups -OCH3 is 2. The van der Waals surface area contributed by atoms with Gasteiger partial charge in [-0.1, -0.05) is 0 Å². The van der Waals surface area contributed by atoms with E-state index in [-0.39, 0.29) is 12.0 Å². The SMILES string of the molecule is COc1cc2cc(CNCCCNC(=O)C3CCCO3)nc(N)c2cc1OC.O=S(=O)(O)O. The number of rotatable bonds is 9. The van der Waals surface area contributed by atoms with E-state index < -0.39 is 10.4 Å². The smallest absolute Gasteiger partial charge is 0.394 e. The fourth-order valence-electron chi connectivity index (χ4n) is 3.29. The first-order valence-corrected chi connectivity index (χ1v) is 11.6. The first-order chi connectivity index (χ1) is 15.6. The fourth-order valence-corrected chi connectivity index (χ4v) is 3.29. The van der Waals surface area contributed by atoms with Gasteiger partial charge in [-0.15, -0.1) is 0 Å². The molecule has 1 amide bonds. The van der Waals surface area contributed by atoms with Gasteiger partial charge in [-0.05, 0) is 49.4 Å². The standard InChI is InChI=1S/C20H28N4O4.H2O4S/c1-26-17-10-13-9-14(24-19(21)15(13)11-18(17)27-2)12-22-6-4-7-23-20(25)16-5-3-8-28-16;1-5(2,3)4/h9-11,16,22H,3-8,12H2,1-2H3,(H2,21,24)(H,23,25);(H2,1,2,3,4). The lowest BCUT2D eigenvalue weighted by molar-refractivity contribution is -0.130. The Bertz CT molecular complexity index is 1030. The van der Waals surface area contributed by atoms with Crippen LogP contribution in [0.4, 0.5) is 5.82 Å². The number of hydrogen-bond acceptors (Lipinski definition) is 9. The lowest BCUT2D eigenvalue weighted by Gasteiger charge is -2.12. The number of ether oxygens (including phenoxy) is 3. The number of benzene rings is 1. The molecule has 33 heavy (non-hydrogen) atoms. The van der Waals surface area contributed by atoms with Gasteiger partial charge in [0.2, 0.25) is 5.91 Å². The van der Waals surface area contributed by atoms with Gasteiger partial charge in [0.1, 0.15) is 11.9 Å². The van der Waals surface area contributed by atoms with Crippen molar-refractivity contribution >= 4 is 32.9 Å². The van der Waals surface area contributed by atoms with E-state index in [9.17, 15) is 4.79 Å². The Kier molecular flexibility index (Phi) is 10.1. The van der Waals surface area contributed by atoms with E-state index in [1.807, 2.05) is 18.2 Å². The minimum absolute atomic E-state index is 0.00848. The van der Waals surface area contributed by atoms with Crippen molar-refractivity contribution in [2.24, 2.45) is 0 Å². The number of carbonyl (C=O) groups excluding carboxylic acids is 1. The monoisotopic (exact) mass is 486 g/mol. The third kappa shape index (κ3) is 8.98. The predicted molar refractivity (Wildman–Crippen MR) is 122 cm³/mol. The zero-order chi connectivity index (χ0) is 24.4. The van der Waals surface area contributed by atoms with Crippen LogP contribution in [0.5, 0.6) is 11.5 Å². The lowest BCUT2D eigenvalue weighted by Crippen LogP contribution is -2.35. The van der Waals surface area contributed by atoms with E-state index in [2.05, 4.69) is 15.6 Å². The van der Waals surface area contributed by atoms with Crippen molar-refractivity contribution in [2.75, 3.05) is 39.6 Å². The molecule has 0 bridgehead atoms. The number of hydrogen-bond donors (Lipinski definition) is 5. The number of pyridine rings is 1. The summed E-state index contributed by atoms with van der Waals surface area (Å²) >= 11 is 0. The molecule has 0 aliphatic carbocycles. The van der Waals surface area contributed by atoms with Crippen LogP contribution in [-0.2, 0) is 26.5 Å². The summed E-state index contributed by atoms with van der Waals surface area (Å²) in [6.07, 6.45) is 2.33. The van der Waals surface area contributed by atoms with Gasteiger partial charge < -0.3 is 30.6 Å². The molecular weight excluding hydrogens is 456 g/mol. The average molecular weight is 487 g/mol. The Morgan fingerprint density at radius 2 is 1.88 bits per heavy atom. The minimum Gasteiger partial charge on any atom is -0.493 e. The molecule has 13 heteroatoms. The number of fused-ring (bicyclic) bond motifs is 1. The second-order valence-corrected chi connectivity index (χ2v) is 8.09. The molecule has 0 saturated carbocycles. The minimum atomic E-state index is -4.67. The van der Waals surface area contributed by atoms with Gasteiger partial charge in [0.25, 0.3) is 0 Å². The first-order valence-electron chi connectivity index (χ1n) is 10.2. The molecule has 1 saturated heterocycles. The number of nitrogens with zero attached hydrogens (tertiary/aromatic N) is 1. The van der Waals surface area contributed by atoms with E-state index >= 15 is 0 Å². The highest BCUT2D eigenvalue weighted by atomic mass is 32.3. The van der Waals surface area contributed by atoms with Crippen molar-refractivity contribution in [3.63, 3.8) is 0 Å². The summed E-state index contributed by atoms with van der Waals surface area (Å²) in [5.74, 6) is 1.73. The maximum absolute atomic E-state index is 11.9. The topological polar surface area (TPSA) is 182 Å². The van der Waals surface area contributed by atoms with Gasteiger partial charge in [0.05, 0.1) is 19.9 Å². The van der Waals surface area contributed by atoms with Crippen molar-refractivity contribution in [2.45, 2.75) is 31.9 Å². The van der Waals surface area contributed by atoms with Crippen LogP contribution < -0.4 is 25.8 Å². The molecule has 184 valence electrons. The van der Waals surface area contributed by atoms with Crippen LogP contribution in [0.1, 0.15) is 25.0 Å². The number of nitrogens with one attached hydrogen (secondary N) is 2. The van der Waals surface area contributed by atoms with Gasteiger partial charge in [-0.2, -0.15) is 8.42 Å². The zero-order valence-corrected chi connectivity index (χ0v) is 19.4. The molecule has 1 aliphatic rings. The lowest BCUT2D eigenvalue weighted by atomic mass is 10.1. The third-order valence-electron chi connectivity index (χ3n) is 4.78. The predicted octanol–water partition coefficient (Wildman–Crippen LogP) is 0.956. The molecule has 1 atom stereocenters. The number of aromatic nitrogens is 1. The molecule has 1 aromatic heterocycles. The molecule has 1 fully saturated rings. The number of nitrogens with two attached hydrogens (primary N) is 1. The van der Waals surface area contributed by atoms with Crippen molar-refractivity contribution in [1.82, 2.24) is 15.6 Å². The fraction of sp³-hybridized carbons (Fsp3) is 0.500. The highest BCUT2D eigenvalue weighted by molar-refractivity contribution is 7.79. The second-order valence-electron chi connectivity index (χ2n) is 7.20. The van der Waals surface area contributed by atoms with Crippen LogP contribution in [0.2, 0.25) is 0 Å². The van der Waals surface area contributed by atoms with Crippen LogP contribution in [0.25, 0.3) is 10.8 Å². The summed E-state index contributed by atoms with van der Waals surface area (Å²) in [7, 11) is -1.47. The van der Waals surface area contributed by atoms with Crippen LogP contribution in [0, 0.1) is 0 Å². The molecule has 0 radical (unpaired) electrons. The van der Waals surface area contributed by atoms with Crippen molar-refractivity contribution in [1.29, 1.82) is 0 Å². The first kappa shape index (κ1) is 26.5. The number of amides is 1. The number of carbonyl (C=O) groups is 1. The molecule has 2 heterocycles. The van der Waals surface area contributed by atoms with E-state index in [0.717, 1.165) is 42.3 Å². The van der Waals surface area contributed by atoms with Gasteiger partial charge in [-0.3, -0.25) is 13.9 Å². The summed E-state index contributed by atoms with van der Waals surface area (Å²) in [5, 5.41) is 8.03. The third-order valence-corrected chi connectivity index (χ3v) is 4.78. The van der Waals surface area contributed by atoms with Crippen molar-refractivity contribution < 1.29 is 36.5 Å². The molecular formula is C20H30N4O8S. The highest BCUT2D eigenvalue weighted by Crippen LogP contribution is 2.34. The van der Waals surface area contributed by atoms with Crippen LogP contribution in [0.3, 0.4) is 0 Å². The summed E-state index contributed by atoms with van der Waals surface area (Å²) < 4.78 is 47.6. The maximum Gasteiger partial charge on any atom is 0.394 e. The Hall–Kier alpha value is -2.71. The van der Waals surface area contributed by atoms with Crippen LogP contribution in [-0.4, -0.2) is 68.4 Å². The second kappa shape index (κ2) is 12.5. The molecule has 0 spiro atoms. The molecule has 12 nitrogen and oxygen atoms in total. The van der Waals surface area contributed by atoms with Gasteiger partial charge in [0, 0.05) is 25.1 Å². The molecule has 6 N–H and O–H groups in total. The molecule has 1 aromatic carbocycles. The molecule has 3 rings (SSSR count). The zero-order valence-electron chi connectivity index (χ0n) is 18.5. The molecule has 2 aromatic rings. The summed E-state index contributed by atoms with van der Waals surface area (Å²) in [5.41, 5.74) is 6.97. The van der Waals surface area contributed by atoms with Crippen LogP contribution in [0.15, 0.2) is 18.2 Å². The Labute approximate surface area is 192 Å². The summed E-state index contributed by atoms with van der Waals surface area (Å²) in [6.45, 7) is 2.65. The quantitative estimate of drug-likeness (QED) is 0.251. The average Bonchev–Trinajstić information content (AvgIpc) is 3.29. The van der Waals surface area contributed by atoms with Gasteiger partial charge >= 0.3 is 10.4 Å².